The summed E-state index contributed by atoms with van der Waals surface area (Å²) in [4.78, 5) is 42.8. The highest BCUT2D eigenvalue weighted by atomic mass is 16.5. The van der Waals surface area contributed by atoms with Crippen LogP contribution in [0.2, 0.25) is 0 Å². The number of hydrogen-bond acceptors (Lipinski definition) is 4. The first-order valence-corrected chi connectivity index (χ1v) is 12.1. The van der Waals surface area contributed by atoms with Crippen LogP contribution < -0.4 is 9.64 Å². The zero-order chi connectivity index (χ0) is 24.1. The Labute approximate surface area is 201 Å². The fourth-order valence-corrected chi connectivity index (χ4v) is 4.73. The number of imide groups is 1. The van der Waals surface area contributed by atoms with Crippen molar-refractivity contribution in [2.45, 2.75) is 58.4 Å². The van der Waals surface area contributed by atoms with Crippen LogP contribution in [0.25, 0.3) is 0 Å². The monoisotopic (exact) mass is 460 g/mol. The molecular formula is C28H32N2O4. The Bertz CT molecular complexity index is 1090. The van der Waals surface area contributed by atoms with E-state index in [4.69, 9.17) is 4.74 Å². The van der Waals surface area contributed by atoms with Gasteiger partial charge in [-0.05, 0) is 82.3 Å². The van der Waals surface area contributed by atoms with Crippen molar-refractivity contribution in [1.29, 1.82) is 0 Å². The number of carbonyl (C=O) groups excluding carboxylic acids is 3. The van der Waals surface area contributed by atoms with Crippen LogP contribution in [0.15, 0.2) is 60.2 Å². The van der Waals surface area contributed by atoms with E-state index >= 15 is 0 Å². The van der Waals surface area contributed by atoms with Crippen LogP contribution in [0.1, 0.15) is 61.4 Å². The second kappa shape index (κ2) is 10.7. The van der Waals surface area contributed by atoms with E-state index in [9.17, 15) is 14.4 Å². The maximum absolute atomic E-state index is 13.6. The zero-order valence-corrected chi connectivity index (χ0v) is 20.0. The van der Waals surface area contributed by atoms with E-state index in [1.165, 1.54) is 16.9 Å². The van der Waals surface area contributed by atoms with Gasteiger partial charge < -0.3 is 9.64 Å². The summed E-state index contributed by atoms with van der Waals surface area (Å²) < 4.78 is 5.47. The largest absolute Gasteiger partial charge is 0.494 e. The van der Waals surface area contributed by atoms with Crippen molar-refractivity contribution in [3.63, 3.8) is 0 Å². The molecule has 0 radical (unpaired) electrons. The third-order valence-electron chi connectivity index (χ3n) is 6.49. The topological polar surface area (TPSA) is 66.9 Å². The van der Waals surface area contributed by atoms with Gasteiger partial charge in [-0.25, -0.2) is 4.90 Å². The van der Waals surface area contributed by atoms with Crippen LogP contribution in [0.3, 0.4) is 0 Å². The van der Waals surface area contributed by atoms with Gasteiger partial charge in [0, 0.05) is 12.1 Å². The Morgan fingerprint density at radius 3 is 2.59 bits per heavy atom. The third kappa shape index (κ3) is 5.22. The molecule has 6 nitrogen and oxygen atoms in total. The van der Waals surface area contributed by atoms with Crippen molar-refractivity contribution in [1.82, 2.24) is 4.90 Å². The Morgan fingerprint density at radius 2 is 1.91 bits per heavy atom. The Kier molecular flexibility index (Phi) is 7.46. The highest BCUT2D eigenvalue weighted by Crippen LogP contribution is 2.29. The molecule has 0 aromatic heterocycles. The molecule has 2 aromatic rings. The van der Waals surface area contributed by atoms with E-state index in [1.807, 2.05) is 32.0 Å². The van der Waals surface area contributed by atoms with Crippen molar-refractivity contribution >= 4 is 23.4 Å². The smallest absolute Gasteiger partial charge is 0.257 e. The van der Waals surface area contributed by atoms with Crippen LogP contribution in [0.4, 0.5) is 5.69 Å². The van der Waals surface area contributed by atoms with Crippen LogP contribution in [-0.4, -0.2) is 41.8 Å². The molecule has 4 rings (SSSR count). The van der Waals surface area contributed by atoms with Gasteiger partial charge in [0.25, 0.3) is 11.8 Å². The lowest BCUT2D eigenvalue weighted by Gasteiger charge is -2.29. The van der Waals surface area contributed by atoms with Gasteiger partial charge in [0.05, 0.1) is 18.7 Å². The first-order chi connectivity index (χ1) is 16.5. The number of ether oxygens (including phenoxy) is 1. The van der Waals surface area contributed by atoms with Crippen molar-refractivity contribution in [2.24, 2.45) is 0 Å². The third-order valence-corrected chi connectivity index (χ3v) is 6.49. The number of benzene rings is 2. The number of nitrogens with zero attached hydrogens (tertiary/aromatic N) is 2. The van der Waals surface area contributed by atoms with Crippen molar-refractivity contribution in [3.8, 4) is 5.75 Å². The van der Waals surface area contributed by atoms with Crippen molar-refractivity contribution < 1.29 is 19.1 Å². The number of carbonyl (C=O) groups is 3. The number of allylic oxidation sites excluding steroid dienone is 1. The summed E-state index contributed by atoms with van der Waals surface area (Å²) in [6, 6.07) is 13.5. The van der Waals surface area contributed by atoms with Crippen molar-refractivity contribution in [3.05, 3.63) is 71.3 Å². The summed E-state index contributed by atoms with van der Waals surface area (Å²) in [6.45, 7) is 4.79. The summed E-state index contributed by atoms with van der Waals surface area (Å²) in [5.74, 6) is -0.176. The number of amides is 3. The maximum Gasteiger partial charge on any atom is 0.257 e. The molecule has 2 aliphatic rings. The number of rotatable bonds is 8. The fraction of sp³-hybridized carbons (Fsp3) is 0.393. The van der Waals surface area contributed by atoms with E-state index < -0.39 is 6.04 Å². The highest BCUT2D eigenvalue weighted by Gasteiger charge is 2.44. The highest BCUT2D eigenvalue weighted by molar-refractivity contribution is 6.23. The zero-order valence-electron chi connectivity index (χ0n) is 20.0. The molecule has 34 heavy (non-hydrogen) atoms. The van der Waals surface area contributed by atoms with Crippen molar-refractivity contribution in [2.75, 3.05) is 18.1 Å². The molecule has 1 fully saturated rings. The van der Waals surface area contributed by atoms with Crippen LogP contribution >= 0.6 is 0 Å². The number of anilines is 1. The minimum atomic E-state index is -0.809. The van der Waals surface area contributed by atoms with E-state index in [0.29, 0.717) is 30.2 Å². The Hall–Kier alpha value is -3.41. The first-order valence-electron chi connectivity index (χ1n) is 12.1. The van der Waals surface area contributed by atoms with E-state index in [2.05, 4.69) is 6.08 Å². The fourth-order valence-electron chi connectivity index (χ4n) is 4.73. The molecule has 0 spiro atoms. The summed E-state index contributed by atoms with van der Waals surface area (Å²) in [7, 11) is 0. The predicted octanol–water partition coefficient (Wildman–Crippen LogP) is 5.06. The van der Waals surface area contributed by atoms with E-state index in [-0.39, 0.29) is 24.1 Å². The average molecular weight is 461 g/mol. The van der Waals surface area contributed by atoms with Crippen LogP contribution in [0.5, 0.6) is 5.75 Å². The summed E-state index contributed by atoms with van der Waals surface area (Å²) in [5, 5.41) is 0. The second-order valence-electron chi connectivity index (χ2n) is 8.94. The molecule has 1 aliphatic heterocycles. The molecule has 3 amide bonds. The minimum absolute atomic E-state index is 0.0113. The molecule has 0 N–H and O–H groups in total. The second-order valence-corrected chi connectivity index (χ2v) is 8.94. The predicted molar refractivity (Wildman–Crippen MR) is 132 cm³/mol. The van der Waals surface area contributed by atoms with Gasteiger partial charge in [-0.3, -0.25) is 14.4 Å². The van der Waals surface area contributed by atoms with E-state index in [1.54, 1.807) is 35.2 Å². The molecular weight excluding hydrogens is 428 g/mol. The molecule has 6 heteroatoms. The molecule has 1 unspecified atom stereocenters. The SMILES string of the molecule is CCOc1ccc(N2C(=O)CC(N(CCC3=CCCCC3)C(=O)c3cccc(C)c3)C2=O)cc1. The van der Waals surface area contributed by atoms with Gasteiger partial charge in [-0.1, -0.05) is 29.3 Å². The first kappa shape index (κ1) is 23.7. The van der Waals surface area contributed by atoms with Gasteiger partial charge >= 0.3 is 0 Å². The molecule has 1 heterocycles. The summed E-state index contributed by atoms with van der Waals surface area (Å²) in [6.07, 6.45) is 7.41. The molecule has 0 saturated carbocycles. The molecule has 0 bridgehead atoms. The van der Waals surface area contributed by atoms with Gasteiger partial charge in [0.1, 0.15) is 11.8 Å². The standard InChI is InChI=1S/C28H32N2O4/c1-3-34-24-14-12-23(13-15-24)30-26(31)19-25(28(30)33)29(17-16-21-9-5-4-6-10-21)27(32)22-11-7-8-20(2)18-22/h7-9,11-15,18,25H,3-6,10,16-17,19H2,1-2H3. The number of aryl methyl sites for hydroxylation is 1. The molecule has 178 valence electrons. The molecule has 1 saturated heterocycles. The lowest BCUT2D eigenvalue weighted by Crippen LogP contribution is -2.46. The van der Waals surface area contributed by atoms with Gasteiger partial charge in [0.2, 0.25) is 5.91 Å². The lowest BCUT2D eigenvalue weighted by atomic mass is 9.96. The number of hydrogen-bond donors (Lipinski definition) is 0. The quantitative estimate of drug-likeness (QED) is 0.408. The maximum atomic E-state index is 13.6. The normalized spacial score (nSPS) is 18.1. The molecule has 1 aliphatic carbocycles. The summed E-state index contributed by atoms with van der Waals surface area (Å²) in [5.41, 5.74) is 3.34. The Balaban J connectivity index is 1.59. The van der Waals surface area contributed by atoms with Gasteiger partial charge in [-0.15, -0.1) is 0 Å². The van der Waals surface area contributed by atoms with E-state index in [0.717, 1.165) is 31.2 Å². The minimum Gasteiger partial charge on any atom is -0.494 e. The summed E-state index contributed by atoms with van der Waals surface area (Å²) >= 11 is 0. The van der Waals surface area contributed by atoms with Gasteiger partial charge in [-0.2, -0.15) is 0 Å². The van der Waals surface area contributed by atoms with Gasteiger partial charge in [0.15, 0.2) is 0 Å². The molecule has 1 atom stereocenters. The lowest BCUT2D eigenvalue weighted by molar-refractivity contribution is -0.122. The average Bonchev–Trinajstić information content (AvgIpc) is 3.14. The van der Waals surface area contributed by atoms with Crippen LogP contribution in [0, 0.1) is 6.92 Å². The Morgan fingerprint density at radius 1 is 1.12 bits per heavy atom. The van der Waals surface area contributed by atoms with Crippen LogP contribution in [-0.2, 0) is 9.59 Å². The molecule has 2 aromatic carbocycles.